The van der Waals surface area contributed by atoms with Gasteiger partial charge in [-0.25, -0.2) is 4.98 Å². The molecule has 1 aliphatic heterocycles. The SMILES string of the molecule is Cn1c(C(=O)NCc2cccc(C(F)(F)F)c2)cc2ccc(C3CNNC3)nc21. The van der Waals surface area contributed by atoms with Crippen LogP contribution in [0.2, 0.25) is 0 Å². The number of amides is 1. The summed E-state index contributed by atoms with van der Waals surface area (Å²) in [6.07, 6.45) is -4.41. The third-order valence-electron chi connectivity index (χ3n) is 5.08. The second-order valence-corrected chi connectivity index (χ2v) is 7.08. The number of fused-ring (bicyclic) bond motifs is 1. The third kappa shape index (κ3) is 3.96. The maximum absolute atomic E-state index is 12.8. The fourth-order valence-corrected chi connectivity index (χ4v) is 3.46. The predicted molar refractivity (Wildman–Crippen MR) is 102 cm³/mol. The molecule has 0 radical (unpaired) electrons. The minimum atomic E-state index is -4.41. The average Bonchev–Trinajstić information content (AvgIpc) is 3.34. The maximum Gasteiger partial charge on any atom is 0.416 e. The number of hydrogen-bond donors (Lipinski definition) is 3. The number of alkyl halides is 3. The molecule has 0 atom stereocenters. The van der Waals surface area contributed by atoms with Crippen molar-refractivity contribution in [1.82, 2.24) is 25.7 Å². The van der Waals surface area contributed by atoms with Gasteiger partial charge in [0.1, 0.15) is 11.3 Å². The van der Waals surface area contributed by atoms with Crippen molar-refractivity contribution in [3.8, 4) is 0 Å². The Kier molecular flexibility index (Phi) is 5.01. The van der Waals surface area contributed by atoms with Crippen LogP contribution in [0.5, 0.6) is 0 Å². The van der Waals surface area contributed by atoms with Gasteiger partial charge in [0, 0.05) is 43.7 Å². The van der Waals surface area contributed by atoms with Crippen molar-refractivity contribution in [2.75, 3.05) is 13.1 Å². The molecule has 1 fully saturated rings. The highest BCUT2D eigenvalue weighted by molar-refractivity contribution is 5.97. The standard InChI is InChI=1S/C20H20F3N5O/c1-28-17(8-13-5-6-16(27-18(13)28)14-10-25-26-11-14)19(29)24-9-12-3-2-4-15(7-12)20(21,22)23/h2-8,14,25-26H,9-11H2,1H3,(H,24,29). The molecule has 1 aliphatic rings. The van der Waals surface area contributed by atoms with Crippen LogP contribution in [-0.2, 0) is 19.8 Å². The first-order chi connectivity index (χ1) is 13.8. The quantitative estimate of drug-likeness (QED) is 0.627. The molecule has 0 spiro atoms. The molecular formula is C20H20F3N5O. The summed E-state index contributed by atoms with van der Waals surface area (Å²) in [6.45, 7) is 1.57. The van der Waals surface area contributed by atoms with Gasteiger partial charge in [0.15, 0.2) is 0 Å². The number of carbonyl (C=O) groups is 1. The van der Waals surface area contributed by atoms with Crippen LogP contribution >= 0.6 is 0 Å². The van der Waals surface area contributed by atoms with E-state index < -0.39 is 11.7 Å². The zero-order valence-electron chi connectivity index (χ0n) is 15.7. The Morgan fingerprint density at radius 1 is 1.21 bits per heavy atom. The lowest BCUT2D eigenvalue weighted by molar-refractivity contribution is -0.137. The lowest BCUT2D eigenvalue weighted by Crippen LogP contribution is -2.25. The van der Waals surface area contributed by atoms with Gasteiger partial charge in [-0.3, -0.25) is 15.6 Å². The van der Waals surface area contributed by atoms with E-state index >= 15 is 0 Å². The van der Waals surface area contributed by atoms with E-state index in [1.54, 1.807) is 23.7 Å². The molecule has 1 saturated heterocycles. The van der Waals surface area contributed by atoms with Gasteiger partial charge in [0.05, 0.1) is 5.56 Å². The predicted octanol–water partition coefficient (Wildman–Crippen LogP) is 2.71. The fourth-order valence-electron chi connectivity index (χ4n) is 3.46. The second-order valence-electron chi connectivity index (χ2n) is 7.08. The molecule has 1 amide bonds. The van der Waals surface area contributed by atoms with Crippen LogP contribution in [0.4, 0.5) is 13.2 Å². The lowest BCUT2D eigenvalue weighted by atomic mass is 10.1. The van der Waals surface area contributed by atoms with Crippen molar-refractivity contribution in [1.29, 1.82) is 0 Å². The zero-order chi connectivity index (χ0) is 20.6. The van der Waals surface area contributed by atoms with Crippen molar-refractivity contribution >= 4 is 16.9 Å². The molecule has 29 heavy (non-hydrogen) atoms. The van der Waals surface area contributed by atoms with Crippen molar-refractivity contribution in [2.45, 2.75) is 18.6 Å². The number of halogens is 3. The average molecular weight is 403 g/mol. The van der Waals surface area contributed by atoms with Gasteiger partial charge in [0.2, 0.25) is 0 Å². The molecule has 3 aromatic rings. The molecule has 3 N–H and O–H groups in total. The maximum atomic E-state index is 12.8. The van der Waals surface area contributed by atoms with E-state index in [4.69, 9.17) is 4.98 Å². The van der Waals surface area contributed by atoms with Crippen LogP contribution in [0.15, 0.2) is 42.5 Å². The monoisotopic (exact) mass is 403 g/mol. The molecule has 3 heterocycles. The van der Waals surface area contributed by atoms with Gasteiger partial charge >= 0.3 is 6.18 Å². The Labute approximate surface area is 165 Å². The number of hydrazine groups is 1. The third-order valence-corrected chi connectivity index (χ3v) is 5.08. The molecule has 2 aromatic heterocycles. The molecule has 0 bridgehead atoms. The van der Waals surface area contributed by atoms with Crippen LogP contribution < -0.4 is 16.2 Å². The number of nitrogens with zero attached hydrogens (tertiary/aromatic N) is 2. The van der Waals surface area contributed by atoms with Crippen LogP contribution in [-0.4, -0.2) is 28.5 Å². The summed E-state index contributed by atoms with van der Waals surface area (Å²) in [5.41, 5.74) is 7.82. The van der Waals surface area contributed by atoms with Crippen LogP contribution in [0, 0.1) is 0 Å². The van der Waals surface area contributed by atoms with Gasteiger partial charge < -0.3 is 9.88 Å². The molecule has 1 aromatic carbocycles. The number of rotatable bonds is 4. The molecule has 0 aliphatic carbocycles. The first kappa shape index (κ1) is 19.4. The summed E-state index contributed by atoms with van der Waals surface area (Å²) in [5, 5.41) is 3.52. The Balaban J connectivity index is 1.52. The van der Waals surface area contributed by atoms with E-state index in [2.05, 4.69) is 16.2 Å². The highest BCUT2D eigenvalue weighted by Crippen LogP contribution is 2.29. The van der Waals surface area contributed by atoms with E-state index in [-0.39, 0.29) is 18.4 Å². The number of hydrogen-bond acceptors (Lipinski definition) is 4. The number of aromatic nitrogens is 2. The summed E-state index contributed by atoms with van der Waals surface area (Å²) >= 11 is 0. The van der Waals surface area contributed by atoms with Crippen LogP contribution in [0.3, 0.4) is 0 Å². The Morgan fingerprint density at radius 3 is 2.69 bits per heavy atom. The number of nitrogens with one attached hydrogen (secondary N) is 3. The Bertz CT molecular complexity index is 1050. The summed E-state index contributed by atoms with van der Waals surface area (Å²) in [5.74, 6) is -0.110. The van der Waals surface area contributed by atoms with Crippen LogP contribution in [0.1, 0.15) is 33.2 Å². The topological polar surface area (TPSA) is 71.0 Å². The molecule has 152 valence electrons. The van der Waals surface area contributed by atoms with Crippen molar-refractivity contribution in [3.63, 3.8) is 0 Å². The van der Waals surface area contributed by atoms with Gasteiger partial charge in [-0.05, 0) is 35.9 Å². The second kappa shape index (κ2) is 7.49. The minimum absolute atomic E-state index is 0.00235. The van der Waals surface area contributed by atoms with Gasteiger partial charge in [0.25, 0.3) is 5.91 Å². The minimum Gasteiger partial charge on any atom is -0.347 e. The smallest absolute Gasteiger partial charge is 0.347 e. The van der Waals surface area contributed by atoms with Gasteiger partial charge in [-0.2, -0.15) is 13.2 Å². The Hall–Kier alpha value is -2.91. The summed E-state index contributed by atoms with van der Waals surface area (Å²) < 4.78 is 40.2. The van der Waals surface area contributed by atoms with Crippen molar-refractivity contribution in [2.24, 2.45) is 7.05 Å². The summed E-state index contributed by atoms with van der Waals surface area (Å²) in [7, 11) is 1.75. The van der Waals surface area contributed by atoms with E-state index in [1.807, 2.05) is 12.1 Å². The molecule has 6 nitrogen and oxygen atoms in total. The van der Waals surface area contributed by atoms with E-state index in [0.29, 0.717) is 16.9 Å². The number of carbonyl (C=O) groups excluding carboxylic acids is 1. The first-order valence-electron chi connectivity index (χ1n) is 9.19. The van der Waals surface area contributed by atoms with Gasteiger partial charge in [-0.1, -0.05) is 12.1 Å². The van der Waals surface area contributed by atoms with Gasteiger partial charge in [-0.15, -0.1) is 0 Å². The molecule has 0 unspecified atom stereocenters. The number of benzene rings is 1. The normalized spacial score (nSPS) is 15.2. The molecular weight excluding hydrogens is 383 g/mol. The molecule has 0 saturated carbocycles. The van der Waals surface area contributed by atoms with E-state index in [0.717, 1.165) is 36.3 Å². The largest absolute Gasteiger partial charge is 0.416 e. The fraction of sp³-hybridized carbons (Fsp3) is 0.300. The number of aryl methyl sites for hydroxylation is 1. The Morgan fingerprint density at radius 2 is 1.97 bits per heavy atom. The zero-order valence-corrected chi connectivity index (χ0v) is 15.7. The van der Waals surface area contributed by atoms with Crippen molar-refractivity contribution in [3.05, 3.63) is 65.0 Å². The lowest BCUT2D eigenvalue weighted by Gasteiger charge is -2.10. The van der Waals surface area contributed by atoms with E-state index in [9.17, 15) is 18.0 Å². The molecule has 9 heteroatoms. The highest BCUT2D eigenvalue weighted by atomic mass is 19.4. The first-order valence-corrected chi connectivity index (χ1v) is 9.19. The number of pyridine rings is 1. The summed E-state index contributed by atoms with van der Waals surface area (Å²) in [6, 6.07) is 10.5. The highest BCUT2D eigenvalue weighted by Gasteiger charge is 2.30. The molecule has 4 rings (SSSR count). The summed E-state index contributed by atoms with van der Waals surface area (Å²) in [4.78, 5) is 17.3. The van der Waals surface area contributed by atoms with Crippen molar-refractivity contribution < 1.29 is 18.0 Å². The van der Waals surface area contributed by atoms with Crippen LogP contribution in [0.25, 0.3) is 11.0 Å². The van der Waals surface area contributed by atoms with E-state index in [1.165, 1.54) is 6.07 Å².